The molecule has 0 N–H and O–H groups in total. The second kappa shape index (κ2) is 8.16. The van der Waals surface area contributed by atoms with E-state index in [0.29, 0.717) is 5.92 Å². The second-order valence-electron chi connectivity index (χ2n) is 7.44. The maximum atomic E-state index is 4.93. The Labute approximate surface area is 179 Å². The van der Waals surface area contributed by atoms with Gasteiger partial charge in [0.25, 0.3) is 0 Å². The third-order valence-electron chi connectivity index (χ3n) is 5.61. The molecule has 0 unspecified atom stereocenters. The summed E-state index contributed by atoms with van der Waals surface area (Å²) in [5.74, 6) is 0.568. The molecule has 4 aromatic rings. The molecule has 1 aliphatic rings. The molecule has 5 rings (SSSR count). The first-order valence-electron chi connectivity index (χ1n) is 9.33. The van der Waals surface area contributed by atoms with Gasteiger partial charge in [-0.25, -0.2) is 0 Å². The Morgan fingerprint density at radius 3 is 2.26 bits per heavy atom. The van der Waals surface area contributed by atoms with Gasteiger partial charge in [-0.05, 0) is 46.2 Å². The Morgan fingerprint density at radius 1 is 0.852 bits per heavy atom. The molecule has 0 nitrogen and oxygen atoms in total. The minimum atomic E-state index is -0.826. The van der Waals surface area contributed by atoms with Crippen LogP contribution in [0.1, 0.15) is 36.5 Å². The Kier molecular flexibility index (Phi) is 5.84. The van der Waals surface area contributed by atoms with Crippen molar-refractivity contribution in [2.75, 3.05) is 0 Å². The molecule has 0 amide bonds. The van der Waals surface area contributed by atoms with Gasteiger partial charge in [-0.1, -0.05) is 55.8 Å². The molecule has 0 aromatic heterocycles. The normalized spacial score (nSPS) is 12.5. The first-order chi connectivity index (χ1) is 13.1. The van der Waals surface area contributed by atoms with Crippen LogP contribution >= 0.6 is 17.0 Å². The van der Waals surface area contributed by atoms with Crippen molar-refractivity contribution < 1.29 is 20.8 Å². The van der Waals surface area contributed by atoms with Crippen molar-refractivity contribution in [2.24, 2.45) is 0 Å². The molecule has 0 spiro atoms. The first kappa shape index (κ1) is 19.3. The zero-order valence-corrected chi connectivity index (χ0v) is 19.5. The predicted molar refractivity (Wildman–Crippen MR) is 116 cm³/mol. The van der Waals surface area contributed by atoms with Crippen molar-refractivity contribution in [1.29, 1.82) is 0 Å². The van der Waals surface area contributed by atoms with Gasteiger partial charge in [0.1, 0.15) is 0 Å². The van der Waals surface area contributed by atoms with E-state index in [2.05, 4.69) is 74.5 Å². The fraction of sp³-hybridized carbons (Fsp3) is 0.208. The fourth-order valence-corrected chi connectivity index (χ4v) is 4.31. The van der Waals surface area contributed by atoms with Crippen LogP contribution in [0.2, 0.25) is 0 Å². The SMILES string of the molecule is CC(C)c1cc2c(-c3ccc4c5c(cccc35)CC4)cccc2[cH-]1.[Cl][Zr][Cl]. The number of fused-ring (bicyclic) bond motifs is 1. The molecule has 136 valence electrons. The number of hydrogen-bond donors (Lipinski definition) is 0. The maximum absolute atomic E-state index is 4.93. The zero-order valence-electron chi connectivity index (χ0n) is 15.5. The standard InChI is InChI=1S/C24H21.2ClH.Zr/c1-15(2)19-13-18-6-4-7-20(23(18)14-19)21-12-11-17-10-9-16-5-3-8-22(21)24(16)17;;;/h3-8,11-15H,9-10H2,1-2H3;2*1H;/q-1;;;+2/p-2. The molecule has 0 radical (unpaired) electrons. The molecule has 0 heterocycles. The van der Waals surface area contributed by atoms with Crippen molar-refractivity contribution in [2.45, 2.75) is 32.6 Å². The van der Waals surface area contributed by atoms with Crippen LogP contribution < -0.4 is 0 Å². The van der Waals surface area contributed by atoms with Crippen molar-refractivity contribution in [1.82, 2.24) is 0 Å². The minimum absolute atomic E-state index is 0.568. The zero-order chi connectivity index (χ0) is 19.0. The average Bonchev–Trinajstić information content (AvgIpc) is 3.28. The van der Waals surface area contributed by atoms with Crippen molar-refractivity contribution in [3.05, 3.63) is 77.4 Å². The number of rotatable bonds is 2. The van der Waals surface area contributed by atoms with E-state index in [1.54, 1.807) is 0 Å². The predicted octanol–water partition coefficient (Wildman–Crippen LogP) is 7.98. The molecule has 0 saturated heterocycles. The molecule has 0 bridgehead atoms. The Hall–Kier alpha value is -1.01. The molecule has 3 heteroatoms. The summed E-state index contributed by atoms with van der Waals surface area (Å²) in [6.45, 7) is 4.54. The first-order valence-corrected chi connectivity index (χ1v) is 15.7. The monoisotopic (exact) mass is 469 g/mol. The van der Waals surface area contributed by atoms with E-state index in [4.69, 9.17) is 17.0 Å². The van der Waals surface area contributed by atoms with Crippen molar-refractivity contribution in [3.8, 4) is 11.1 Å². The van der Waals surface area contributed by atoms with Crippen LogP contribution in [-0.4, -0.2) is 0 Å². The number of benzene rings is 3. The van der Waals surface area contributed by atoms with Crippen LogP contribution in [0, 0.1) is 0 Å². The van der Waals surface area contributed by atoms with Gasteiger partial charge in [0.05, 0.1) is 0 Å². The summed E-state index contributed by atoms with van der Waals surface area (Å²) in [4.78, 5) is 0. The molecule has 0 saturated carbocycles. The molecule has 0 fully saturated rings. The van der Waals surface area contributed by atoms with E-state index >= 15 is 0 Å². The van der Waals surface area contributed by atoms with Crippen LogP contribution in [0.4, 0.5) is 0 Å². The van der Waals surface area contributed by atoms with Gasteiger partial charge in [0.2, 0.25) is 0 Å². The van der Waals surface area contributed by atoms with Gasteiger partial charge in [-0.15, -0.1) is 34.5 Å². The molecule has 0 atom stereocenters. The van der Waals surface area contributed by atoms with E-state index in [0.717, 1.165) is 0 Å². The summed E-state index contributed by atoms with van der Waals surface area (Å²) in [5, 5.41) is 5.67. The van der Waals surface area contributed by atoms with Crippen molar-refractivity contribution >= 4 is 38.6 Å². The number of halogens is 2. The second-order valence-corrected chi connectivity index (χ2v) is 11.2. The van der Waals surface area contributed by atoms with Crippen LogP contribution in [-0.2, 0) is 33.7 Å². The quantitative estimate of drug-likeness (QED) is 0.260. The van der Waals surface area contributed by atoms with Crippen LogP contribution in [0.25, 0.3) is 32.7 Å². The van der Waals surface area contributed by atoms with Gasteiger partial charge < -0.3 is 0 Å². The summed E-state index contributed by atoms with van der Waals surface area (Å²) in [6, 6.07) is 23.0. The van der Waals surface area contributed by atoms with E-state index in [1.165, 1.54) is 62.2 Å². The molecular formula is C24H21Cl2Zr-. The van der Waals surface area contributed by atoms with Gasteiger partial charge in [0, 0.05) is 0 Å². The van der Waals surface area contributed by atoms with Crippen LogP contribution in [0.3, 0.4) is 0 Å². The molecule has 0 aliphatic heterocycles. The summed E-state index contributed by atoms with van der Waals surface area (Å²) < 4.78 is 0. The summed E-state index contributed by atoms with van der Waals surface area (Å²) in [6.07, 6.45) is 2.38. The van der Waals surface area contributed by atoms with Gasteiger partial charge in [-0.3, -0.25) is 0 Å². The van der Waals surface area contributed by atoms with E-state index in [1.807, 2.05) is 0 Å². The Balaban J connectivity index is 0.000000565. The molecule has 4 aromatic carbocycles. The molecule has 1 aliphatic carbocycles. The van der Waals surface area contributed by atoms with Gasteiger partial charge in [0.15, 0.2) is 0 Å². The summed E-state index contributed by atoms with van der Waals surface area (Å²) >= 11 is -0.826. The topological polar surface area (TPSA) is 0 Å². The van der Waals surface area contributed by atoms with E-state index in [9.17, 15) is 0 Å². The van der Waals surface area contributed by atoms with Crippen LogP contribution in [0.5, 0.6) is 0 Å². The van der Waals surface area contributed by atoms with E-state index in [-0.39, 0.29) is 0 Å². The Morgan fingerprint density at radius 2 is 1.52 bits per heavy atom. The molecular weight excluding hydrogens is 450 g/mol. The number of aryl methyl sites for hydroxylation is 2. The van der Waals surface area contributed by atoms with Gasteiger partial charge in [-0.2, -0.15) is 6.07 Å². The Bertz CT molecular complexity index is 1100. The third-order valence-corrected chi connectivity index (χ3v) is 5.61. The summed E-state index contributed by atoms with van der Waals surface area (Å²) in [5.41, 5.74) is 7.21. The fourth-order valence-electron chi connectivity index (χ4n) is 4.31. The number of hydrogen-bond acceptors (Lipinski definition) is 0. The summed E-state index contributed by atoms with van der Waals surface area (Å²) in [7, 11) is 9.87. The average molecular weight is 472 g/mol. The third kappa shape index (κ3) is 3.55. The van der Waals surface area contributed by atoms with Crippen LogP contribution in [0.15, 0.2) is 60.7 Å². The van der Waals surface area contributed by atoms with Gasteiger partial charge >= 0.3 is 37.9 Å². The van der Waals surface area contributed by atoms with Crippen molar-refractivity contribution in [3.63, 3.8) is 0 Å². The molecule has 27 heavy (non-hydrogen) atoms. The van der Waals surface area contributed by atoms with E-state index < -0.39 is 20.8 Å².